The molecule has 27 heavy (non-hydrogen) atoms. The zero-order valence-electron chi connectivity index (χ0n) is 15.8. The van der Waals surface area contributed by atoms with Crippen molar-refractivity contribution in [2.45, 2.75) is 38.8 Å². The van der Waals surface area contributed by atoms with Crippen LogP contribution in [0.25, 0.3) is 27.3 Å². The summed E-state index contributed by atoms with van der Waals surface area (Å²) in [5.74, 6) is -0.266. The van der Waals surface area contributed by atoms with Gasteiger partial charge < -0.3 is 35.3 Å². The van der Waals surface area contributed by atoms with E-state index in [0.717, 1.165) is 35.2 Å². The van der Waals surface area contributed by atoms with Gasteiger partial charge in [-0.05, 0) is 12.8 Å². The molecule has 0 aromatic heterocycles. The monoisotopic (exact) mass is 585 g/mol. The Balaban J connectivity index is 0. The van der Waals surface area contributed by atoms with Gasteiger partial charge in [0.1, 0.15) is 0 Å². The van der Waals surface area contributed by atoms with Crippen molar-refractivity contribution in [3.63, 3.8) is 0 Å². The molecular formula is C21H25Cl2HfNOSi. The van der Waals surface area contributed by atoms with Gasteiger partial charge in [0.05, 0.1) is 5.91 Å². The third kappa shape index (κ3) is 8.55. The van der Waals surface area contributed by atoms with Crippen molar-refractivity contribution < 1.29 is 55.5 Å². The maximum atomic E-state index is 10.3. The summed E-state index contributed by atoms with van der Waals surface area (Å²) in [4.78, 5) is 10.3. The largest absolute Gasteiger partial charge is 4.00 e. The molecule has 0 heterocycles. The molecule has 4 rings (SSSR count). The first-order valence-electron chi connectivity index (χ1n) is 8.54. The number of carbonyl (C=O) groups excluding carboxylic acids is 1. The van der Waals surface area contributed by atoms with Gasteiger partial charge in [-0.1, -0.05) is 62.3 Å². The Hall–Kier alpha value is -0.553. The Morgan fingerprint density at radius 2 is 1.30 bits per heavy atom. The van der Waals surface area contributed by atoms with E-state index >= 15 is 0 Å². The fraction of sp³-hybridized carbons (Fsp3) is 0.333. The van der Waals surface area contributed by atoms with E-state index in [-0.39, 0.29) is 62.5 Å². The third-order valence-corrected chi connectivity index (χ3v) is 4.25. The van der Waals surface area contributed by atoms with Gasteiger partial charge in [-0.3, -0.25) is 0 Å². The van der Waals surface area contributed by atoms with Crippen molar-refractivity contribution in [3.8, 4) is 0 Å². The molecule has 0 saturated heterocycles. The van der Waals surface area contributed by atoms with E-state index in [0.29, 0.717) is 0 Å². The Morgan fingerprint density at radius 3 is 1.63 bits per heavy atom. The van der Waals surface area contributed by atoms with Crippen LogP contribution in [0.3, 0.4) is 0 Å². The molecule has 1 aliphatic carbocycles. The second-order valence-electron chi connectivity index (χ2n) is 6.16. The van der Waals surface area contributed by atoms with Crippen LogP contribution in [0.5, 0.6) is 0 Å². The van der Waals surface area contributed by atoms with E-state index in [2.05, 4.69) is 67.7 Å². The number of carbonyl (C=O) groups is 1. The number of nitrogens with one attached hydrogen (secondary N) is 1. The van der Waals surface area contributed by atoms with Gasteiger partial charge in [-0.25, -0.2) is 0 Å². The molecule has 0 aliphatic heterocycles. The number of halogens is 2. The minimum atomic E-state index is -0.359. The van der Waals surface area contributed by atoms with Crippen LogP contribution in [0.15, 0.2) is 54.6 Å². The van der Waals surface area contributed by atoms with E-state index < -0.39 is 0 Å². The van der Waals surface area contributed by atoms with Crippen molar-refractivity contribution in [1.29, 1.82) is 0 Å². The molecule has 0 unspecified atom stereocenters. The normalized spacial score (nSPS) is 12.4. The summed E-state index contributed by atoms with van der Waals surface area (Å²) >= 11 is 0. The maximum Gasteiger partial charge on any atom is 4.00 e. The van der Waals surface area contributed by atoms with Gasteiger partial charge in [0.15, 0.2) is 0 Å². The fourth-order valence-corrected chi connectivity index (χ4v) is 3.09. The first kappa shape index (κ1) is 28.7. The molecule has 2 nitrogen and oxygen atoms in total. The Labute approximate surface area is 196 Å². The van der Waals surface area contributed by atoms with Crippen molar-refractivity contribution in [2.24, 2.45) is 5.92 Å². The smallest absolute Gasteiger partial charge is 1.00 e. The fourth-order valence-electron chi connectivity index (χ4n) is 3.09. The van der Waals surface area contributed by atoms with Crippen LogP contribution >= 0.6 is 0 Å². The van der Waals surface area contributed by atoms with Crippen LogP contribution in [0.1, 0.15) is 25.7 Å². The number of hydrogen-bond acceptors (Lipinski definition) is 1. The molecule has 1 N–H and O–H groups in total. The molecule has 0 bridgehead atoms. The van der Waals surface area contributed by atoms with E-state index in [1.165, 1.54) is 21.5 Å². The predicted molar refractivity (Wildman–Crippen MR) is 106 cm³/mol. The first-order valence-corrected chi connectivity index (χ1v) is 10.5. The number of hydrogen-bond donors (Lipinski definition) is 0. The van der Waals surface area contributed by atoms with Gasteiger partial charge in [0.2, 0.25) is 0 Å². The van der Waals surface area contributed by atoms with E-state index in [9.17, 15) is 4.79 Å². The number of benzene rings is 2. The van der Waals surface area contributed by atoms with Crippen LogP contribution in [0, 0.1) is 5.92 Å². The molecule has 1 aliphatic rings. The molecule has 2 radical (unpaired) electrons. The molecule has 1 fully saturated rings. The Kier molecular flexibility index (Phi) is 16.3. The molecule has 0 atom stereocenters. The van der Waals surface area contributed by atoms with Crippen LogP contribution in [0.4, 0.5) is 0 Å². The van der Waals surface area contributed by atoms with Crippen molar-refractivity contribution in [3.05, 3.63) is 60.3 Å². The summed E-state index contributed by atoms with van der Waals surface area (Å²) in [5.41, 5.74) is 6.74. The molecule has 1 amide bonds. The van der Waals surface area contributed by atoms with Crippen molar-refractivity contribution in [1.82, 2.24) is 0 Å². The van der Waals surface area contributed by atoms with E-state index in [4.69, 9.17) is 5.73 Å². The summed E-state index contributed by atoms with van der Waals surface area (Å²) in [7, 11) is 1.08. The number of rotatable bonds is 1. The summed E-state index contributed by atoms with van der Waals surface area (Å²) in [6, 6.07) is 19.3. The first-order chi connectivity index (χ1) is 11.7. The molecule has 142 valence electrons. The van der Waals surface area contributed by atoms with Crippen LogP contribution in [-0.4, -0.2) is 15.4 Å². The average molecular weight is 585 g/mol. The van der Waals surface area contributed by atoms with Gasteiger partial charge >= 0.3 is 25.8 Å². The third-order valence-electron chi connectivity index (χ3n) is 4.25. The summed E-state index contributed by atoms with van der Waals surface area (Å²) in [6.45, 7) is 4.31. The maximum absolute atomic E-state index is 10.3. The van der Waals surface area contributed by atoms with Gasteiger partial charge in [0, 0.05) is 15.4 Å². The van der Waals surface area contributed by atoms with Crippen molar-refractivity contribution >= 4 is 37.0 Å². The molecule has 1 saturated carbocycles. The van der Waals surface area contributed by atoms with Crippen molar-refractivity contribution in [2.75, 3.05) is 0 Å². The quantitative estimate of drug-likeness (QED) is 0.299. The predicted octanol–water partition coefficient (Wildman–Crippen LogP) is 0.260. The molecular weight excluding hydrogens is 560 g/mol. The van der Waals surface area contributed by atoms with Gasteiger partial charge in [-0.2, -0.15) is 0 Å². The molecule has 3 aromatic rings. The topological polar surface area (TPSA) is 40.9 Å². The van der Waals surface area contributed by atoms with Crippen LogP contribution in [0.2, 0.25) is 13.1 Å². The van der Waals surface area contributed by atoms with E-state index in [1.54, 1.807) is 0 Å². The molecule has 0 spiro atoms. The standard InChI is InChI=1S/C13H9.C6H11NO.C2H6Si.2ClH.Hf/c1-3-7-12-10(5-1)9-11-6-2-4-8-13(11)12;7-6(8)5-3-1-2-4-5;1-3-2;;;/h1-9H;5H,1-4H2,(H2,7,8);1-2H3;2*1H;/q-1;;;;;+4/p-3. The summed E-state index contributed by atoms with van der Waals surface area (Å²) in [6.07, 6.45) is 4.22. The minimum absolute atomic E-state index is 0. The zero-order chi connectivity index (χ0) is 17.4. The second kappa shape index (κ2) is 15.4. The molecule has 6 heteroatoms. The Morgan fingerprint density at radius 1 is 0.926 bits per heavy atom. The Bertz CT molecular complexity index is 738. The van der Waals surface area contributed by atoms with Crippen LogP contribution in [-0.2, 0) is 30.6 Å². The molecule has 3 aromatic carbocycles. The minimum Gasteiger partial charge on any atom is -1.00 e. The number of amides is 1. The second-order valence-corrected chi connectivity index (χ2v) is 7.16. The van der Waals surface area contributed by atoms with Gasteiger partial charge in [0.25, 0.3) is 0 Å². The SMILES string of the molecule is C[Si]C.[Cl-].[Cl-].[Hf+4].[NH-]C(=O)C1CCCC1.c1ccc2c(c1)[cH-]c1ccccc12. The van der Waals surface area contributed by atoms with Crippen LogP contribution < -0.4 is 24.8 Å². The zero-order valence-corrected chi connectivity index (χ0v) is 21.9. The van der Waals surface area contributed by atoms with Gasteiger partial charge in [-0.15, -0.1) is 39.7 Å². The van der Waals surface area contributed by atoms with E-state index in [1.807, 2.05) is 0 Å². The summed E-state index contributed by atoms with van der Waals surface area (Å²) in [5, 5.41) is 5.39. The average Bonchev–Trinajstić information content (AvgIpc) is 3.24. The summed E-state index contributed by atoms with van der Waals surface area (Å²) < 4.78 is 0. The number of fused-ring (bicyclic) bond motifs is 3.